The van der Waals surface area contributed by atoms with Gasteiger partial charge in [-0.3, -0.25) is 4.79 Å². The Bertz CT molecular complexity index is 252. The van der Waals surface area contributed by atoms with Gasteiger partial charge in [0.15, 0.2) is 0 Å². The van der Waals surface area contributed by atoms with Crippen LogP contribution >= 0.6 is 0 Å². The second-order valence-corrected chi connectivity index (χ2v) is 4.03. The Labute approximate surface area is 97.9 Å². The molecule has 17 heavy (non-hydrogen) atoms. The summed E-state index contributed by atoms with van der Waals surface area (Å²) in [5, 5.41) is 4.69. The maximum absolute atomic E-state index is 11.8. The fourth-order valence-corrected chi connectivity index (χ4v) is 1.65. The zero-order chi connectivity index (χ0) is 12.9. The number of nitrogens with one attached hydrogen (secondary N) is 2. The van der Waals surface area contributed by atoms with Crippen LogP contribution in [0.4, 0.5) is 13.2 Å². The fraction of sp³-hybridized carbons (Fsp3) is 0.900. The van der Waals surface area contributed by atoms with Crippen molar-refractivity contribution in [1.29, 1.82) is 0 Å². The van der Waals surface area contributed by atoms with E-state index in [1.54, 1.807) is 0 Å². The van der Waals surface area contributed by atoms with E-state index in [2.05, 4.69) is 5.32 Å². The van der Waals surface area contributed by atoms with Crippen molar-refractivity contribution in [1.82, 2.24) is 10.6 Å². The molecule has 0 bridgehead atoms. The summed E-state index contributed by atoms with van der Waals surface area (Å²) in [4.78, 5) is 11.2. The van der Waals surface area contributed by atoms with Gasteiger partial charge in [-0.05, 0) is 19.8 Å². The van der Waals surface area contributed by atoms with E-state index in [4.69, 9.17) is 4.74 Å². The number of carbonyl (C=O) groups excluding carboxylic acids is 1. The highest BCUT2D eigenvalue weighted by molar-refractivity contribution is 5.78. The number of ether oxygens (including phenoxy) is 1. The number of hydrogen-bond acceptors (Lipinski definition) is 3. The van der Waals surface area contributed by atoms with Crippen LogP contribution in [-0.4, -0.2) is 43.9 Å². The number of carbonyl (C=O) groups is 1. The average Bonchev–Trinajstić information content (AvgIpc) is 2.12. The first-order valence-electron chi connectivity index (χ1n) is 5.59. The average molecular weight is 254 g/mol. The van der Waals surface area contributed by atoms with E-state index in [-0.39, 0.29) is 18.7 Å². The SMILES string of the molecule is CCOC1CC(NC(=O)CNCC(F)(F)F)C1. The Hall–Kier alpha value is -0.820. The fourth-order valence-electron chi connectivity index (χ4n) is 1.65. The van der Waals surface area contributed by atoms with E-state index in [0.717, 1.165) is 12.8 Å². The highest BCUT2D eigenvalue weighted by atomic mass is 19.4. The normalized spacial score (nSPS) is 24.2. The van der Waals surface area contributed by atoms with Gasteiger partial charge in [0.1, 0.15) is 0 Å². The summed E-state index contributed by atoms with van der Waals surface area (Å²) in [5.74, 6) is -0.408. The van der Waals surface area contributed by atoms with Crippen molar-refractivity contribution in [3.8, 4) is 0 Å². The highest BCUT2D eigenvalue weighted by Gasteiger charge is 2.31. The molecule has 2 N–H and O–H groups in total. The zero-order valence-electron chi connectivity index (χ0n) is 9.64. The number of rotatable bonds is 6. The van der Waals surface area contributed by atoms with Gasteiger partial charge in [0.25, 0.3) is 0 Å². The molecule has 0 atom stereocenters. The van der Waals surface area contributed by atoms with Crippen molar-refractivity contribution in [2.75, 3.05) is 19.7 Å². The lowest BCUT2D eigenvalue weighted by Crippen LogP contribution is -2.50. The molecule has 1 fully saturated rings. The van der Waals surface area contributed by atoms with Crippen LogP contribution in [0.25, 0.3) is 0 Å². The summed E-state index contributed by atoms with van der Waals surface area (Å²) in [6.07, 6.45) is -2.64. The van der Waals surface area contributed by atoms with Gasteiger partial charge in [-0.25, -0.2) is 0 Å². The molecule has 4 nitrogen and oxygen atoms in total. The largest absolute Gasteiger partial charge is 0.401 e. The van der Waals surface area contributed by atoms with Crippen molar-refractivity contribution in [2.45, 2.75) is 38.1 Å². The van der Waals surface area contributed by atoms with Crippen LogP contribution in [0.3, 0.4) is 0 Å². The van der Waals surface area contributed by atoms with Gasteiger partial charge in [-0.15, -0.1) is 0 Å². The molecule has 0 spiro atoms. The maximum Gasteiger partial charge on any atom is 0.401 e. The standard InChI is InChI=1S/C10H17F3N2O2/c1-2-17-8-3-7(4-8)15-9(16)5-14-6-10(11,12)13/h7-8,14H,2-6H2,1H3,(H,15,16). The molecule has 0 saturated heterocycles. The zero-order valence-corrected chi connectivity index (χ0v) is 9.64. The Morgan fingerprint density at radius 2 is 2.06 bits per heavy atom. The molecule has 0 aliphatic heterocycles. The predicted molar refractivity (Wildman–Crippen MR) is 55.5 cm³/mol. The summed E-state index contributed by atoms with van der Waals surface area (Å²) in [7, 11) is 0. The molecule has 1 aliphatic rings. The molecule has 0 radical (unpaired) electrons. The van der Waals surface area contributed by atoms with E-state index >= 15 is 0 Å². The number of halogens is 3. The smallest absolute Gasteiger partial charge is 0.378 e. The van der Waals surface area contributed by atoms with Crippen LogP contribution in [0, 0.1) is 0 Å². The van der Waals surface area contributed by atoms with Crippen LogP contribution in [0.15, 0.2) is 0 Å². The van der Waals surface area contributed by atoms with Crippen LogP contribution in [0.2, 0.25) is 0 Å². The van der Waals surface area contributed by atoms with Gasteiger partial charge >= 0.3 is 6.18 Å². The molecule has 1 rings (SSSR count). The topological polar surface area (TPSA) is 50.4 Å². The molecule has 1 amide bonds. The lowest BCUT2D eigenvalue weighted by atomic mass is 9.89. The Morgan fingerprint density at radius 3 is 2.59 bits per heavy atom. The molecule has 0 heterocycles. The molecule has 0 aromatic heterocycles. The van der Waals surface area contributed by atoms with E-state index in [1.165, 1.54) is 0 Å². The van der Waals surface area contributed by atoms with Gasteiger partial charge in [0.05, 0.1) is 19.2 Å². The predicted octanol–water partition coefficient (Wildman–Crippen LogP) is 0.822. The lowest BCUT2D eigenvalue weighted by molar-refractivity contribution is -0.129. The maximum atomic E-state index is 11.8. The second kappa shape index (κ2) is 6.20. The molecule has 7 heteroatoms. The van der Waals surface area contributed by atoms with Crippen LogP contribution in [0.1, 0.15) is 19.8 Å². The van der Waals surface area contributed by atoms with E-state index < -0.39 is 18.6 Å². The number of amides is 1. The molecule has 1 aliphatic carbocycles. The molecule has 0 aromatic carbocycles. The first-order chi connectivity index (χ1) is 7.90. The summed E-state index contributed by atoms with van der Waals surface area (Å²) in [6.45, 7) is 1.08. The second-order valence-electron chi connectivity index (χ2n) is 4.03. The van der Waals surface area contributed by atoms with Gasteiger partial charge in [-0.1, -0.05) is 0 Å². The first-order valence-corrected chi connectivity index (χ1v) is 5.59. The van der Waals surface area contributed by atoms with Crippen LogP contribution < -0.4 is 10.6 Å². The molecule has 0 unspecified atom stereocenters. The first kappa shape index (κ1) is 14.2. The van der Waals surface area contributed by atoms with E-state index in [0.29, 0.717) is 6.61 Å². The van der Waals surface area contributed by atoms with Crippen LogP contribution in [-0.2, 0) is 9.53 Å². The molecule has 100 valence electrons. The summed E-state index contributed by atoms with van der Waals surface area (Å²) < 4.78 is 40.6. The lowest BCUT2D eigenvalue weighted by Gasteiger charge is -2.35. The number of alkyl halides is 3. The van der Waals surface area contributed by atoms with Crippen molar-refractivity contribution in [2.24, 2.45) is 0 Å². The summed E-state index contributed by atoms with van der Waals surface area (Å²) in [5.41, 5.74) is 0. The minimum absolute atomic E-state index is 0.0340. The van der Waals surface area contributed by atoms with Crippen molar-refractivity contribution >= 4 is 5.91 Å². The monoisotopic (exact) mass is 254 g/mol. The molecule has 1 saturated carbocycles. The third kappa shape index (κ3) is 5.88. The van der Waals surface area contributed by atoms with Gasteiger partial charge < -0.3 is 15.4 Å². The third-order valence-electron chi connectivity index (χ3n) is 2.47. The van der Waals surface area contributed by atoms with Gasteiger partial charge in [0, 0.05) is 12.6 Å². The molecule has 0 aromatic rings. The molecular weight excluding hydrogens is 237 g/mol. The van der Waals surface area contributed by atoms with E-state index in [9.17, 15) is 18.0 Å². The Balaban J connectivity index is 2.03. The van der Waals surface area contributed by atoms with Gasteiger partial charge in [0.2, 0.25) is 5.91 Å². The van der Waals surface area contributed by atoms with Crippen molar-refractivity contribution in [3.63, 3.8) is 0 Å². The quantitative estimate of drug-likeness (QED) is 0.738. The Kier molecular flexibility index (Phi) is 5.20. The third-order valence-corrected chi connectivity index (χ3v) is 2.47. The van der Waals surface area contributed by atoms with Gasteiger partial charge in [-0.2, -0.15) is 13.2 Å². The highest BCUT2D eigenvalue weighted by Crippen LogP contribution is 2.22. The minimum Gasteiger partial charge on any atom is -0.378 e. The number of hydrogen-bond donors (Lipinski definition) is 2. The van der Waals surface area contributed by atoms with Crippen molar-refractivity contribution < 1.29 is 22.7 Å². The Morgan fingerprint density at radius 1 is 1.41 bits per heavy atom. The molecular formula is C10H17F3N2O2. The van der Waals surface area contributed by atoms with E-state index in [1.807, 2.05) is 12.2 Å². The summed E-state index contributed by atoms with van der Waals surface area (Å²) in [6, 6.07) is 0.0340. The minimum atomic E-state index is -4.28. The van der Waals surface area contributed by atoms with Crippen molar-refractivity contribution in [3.05, 3.63) is 0 Å². The summed E-state index contributed by atoms with van der Waals surface area (Å²) >= 11 is 0. The van der Waals surface area contributed by atoms with Crippen LogP contribution in [0.5, 0.6) is 0 Å².